The summed E-state index contributed by atoms with van der Waals surface area (Å²) in [6, 6.07) is 11.7. The molecule has 3 rings (SSSR count). The average molecular weight is 338 g/mol. The van der Waals surface area contributed by atoms with Gasteiger partial charge < -0.3 is 10.2 Å². The van der Waals surface area contributed by atoms with E-state index in [-0.39, 0.29) is 11.9 Å². The molecule has 2 heterocycles. The molecule has 1 aliphatic heterocycles. The highest BCUT2D eigenvalue weighted by atomic mass is 16.1. The molecule has 1 amide bonds. The number of amides is 1. The zero-order valence-electron chi connectivity index (χ0n) is 15.0. The maximum absolute atomic E-state index is 12.3. The molecule has 0 saturated carbocycles. The van der Waals surface area contributed by atoms with Crippen LogP contribution in [-0.4, -0.2) is 35.2 Å². The average Bonchev–Trinajstić information content (AvgIpc) is 2.68. The van der Waals surface area contributed by atoms with Crippen LogP contribution in [0.25, 0.3) is 11.3 Å². The molecule has 5 heteroatoms. The summed E-state index contributed by atoms with van der Waals surface area (Å²) in [6.45, 7) is 6.17. The third kappa shape index (κ3) is 4.35. The van der Waals surface area contributed by atoms with E-state index in [0.717, 1.165) is 36.6 Å². The van der Waals surface area contributed by atoms with Crippen molar-refractivity contribution < 1.29 is 4.79 Å². The van der Waals surface area contributed by atoms with Gasteiger partial charge >= 0.3 is 0 Å². The summed E-state index contributed by atoms with van der Waals surface area (Å²) in [6.07, 6.45) is 4.65. The predicted octanol–water partition coefficient (Wildman–Crippen LogP) is 3.66. The maximum Gasteiger partial charge on any atom is 0.251 e. The van der Waals surface area contributed by atoms with Crippen LogP contribution >= 0.6 is 0 Å². The molecule has 5 nitrogen and oxygen atoms in total. The molecule has 1 fully saturated rings. The molecule has 1 aliphatic rings. The van der Waals surface area contributed by atoms with Gasteiger partial charge in [0.2, 0.25) is 0 Å². The number of rotatable bonds is 5. The third-order valence-corrected chi connectivity index (χ3v) is 4.74. The van der Waals surface area contributed by atoms with Gasteiger partial charge in [-0.3, -0.25) is 4.79 Å². The second kappa shape index (κ2) is 8.10. The molecule has 0 spiro atoms. The standard InChI is InChI=1S/C20H26N4O/c1-3-15(2)21-20(25)17-9-7-8-16(14-17)18-10-11-19(23-22-18)24-12-5-4-6-13-24/h7-11,14-15H,3-6,12-13H2,1-2H3,(H,21,25)/t15-/m0/s1. The van der Waals surface area contributed by atoms with Gasteiger partial charge in [-0.05, 0) is 56.9 Å². The molecular formula is C20H26N4O. The van der Waals surface area contributed by atoms with Crippen LogP contribution in [0.15, 0.2) is 36.4 Å². The molecule has 1 atom stereocenters. The summed E-state index contributed by atoms with van der Waals surface area (Å²) in [5.74, 6) is 0.892. The normalized spacial score (nSPS) is 15.7. The SMILES string of the molecule is CC[C@H](C)NC(=O)c1cccc(-c2ccc(N3CCCCC3)nn2)c1. The number of hydrogen-bond acceptors (Lipinski definition) is 4. The first-order valence-electron chi connectivity index (χ1n) is 9.17. The predicted molar refractivity (Wildman–Crippen MR) is 101 cm³/mol. The lowest BCUT2D eigenvalue weighted by molar-refractivity contribution is 0.0939. The first-order chi connectivity index (χ1) is 12.2. The molecular weight excluding hydrogens is 312 g/mol. The van der Waals surface area contributed by atoms with E-state index >= 15 is 0 Å². The smallest absolute Gasteiger partial charge is 0.251 e. The number of nitrogens with zero attached hydrogens (tertiary/aromatic N) is 3. The third-order valence-electron chi connectivity index (χ3n) is 4.74. The van der Waals surface area contributed by atoms with Gasteiger partial charge in [0.25, 0.3) is 5.91 Å². The maximum atomic E-state index is 12.3. The van der Waals surface area contributed by atoms with Gasteiger partial charge in [0.05, 0.1) is 5.69 Å². The Morgan fingerprint density at radius 2 is 1.96 bits per heavy atom. The van der Waals surface area contributed by atoms with Crippen molar-refractivity contribution in [3.05, 3.63) is 42.0 Å². The number of carbonyl (C=O) groups is 1. The van der Waals surface area contributed by atoms with Crippen molar-refractivity contribution in [2.24, 2.45) is 0 Å². The summed E-state index contributed by atoms with van der Waals surface area (Å²) < 4.78 is 0. The van der Waals surface area contributed by atoms with Crippen molar-refractivity contribution in [3.8, 4) is 11.3 Å². The van der Waals surface area contributed by atoms with Gasteiger partial charge in [0.15, 0.2) is 5.82 Å². The molecule has 1 aromatic carbocycles. The van der Waals surface area contributed by atoms with Crippen molar-refractivity contribution in [1.82, 2.24) is 15.5 Å². The first kappa shape index (κ1) is 17.4. The van der Waals surface area contributed by atoms with E-state index in [2.05, 4.69) is 27.3 Å². The van der Waals surface area contributed by atoms with Crippen molar-refractivity contribution in [1.29, 1.82) is 0 Å². The lowest BCUT2D eigenvalue weighted by atomic mass is 10.1. The summed E-state index contributed by atoms with van der Waals surface area (Å²) >= 11 is 0. The summed E-state index contributed by atoms with van der Waals surface area (Å²) in [4.78, 5) is 14.6. The molecule has 1 aromatic heterocycles. The minimum atomic E-state index is -0.0471. The van der Waals surface area contributed by atoms with Crippen molar-refractivity contribution >= 4 is 11.7 Å². The number of piperidine rings is 1. The molecule has 1 saturated heterocycles. The zero-order valence-corrected chi connectivity index (χ0v) is 15.0. The minimum Gasteiger partial charge on any atom is -0.355 e. The van der Waals surface area contributed by atoms with E-state index < -0.39 is 0 Å². The number of nitrogens with one attached hydrogen (secondary N) is 1. The van der Waals surface area contributed by atoms with E-state index in [4.69, 9.17) is 0 Å². The van der Waals surface area contributed by atoms with Gasteiger partial charge in [0.1, 0.15) is 0 Å². The van der Waals surface area contributed by atoms with E-state index in [1.807, 2.05) is 43.3 Å². The van der Waals surface area contributed by atoms with Gasteiger partial charge in [-0.15, -0.1) is 10.2 Å². The molecule has 2 aromatic rings. The van der Waals surface area contributed by atoms with E-state index in [1.54, 1.807) is 0 Å². The fourth-order valence-electron chi connectivity index (χ4n) is 3.00. The Kier molecular flexibility index (Phi) is 5.64. The monoisotopic (exact) mass is 338 g/mol. The second-order valence-electron chi connectivity index (χ2n) is 6.69. The van der Waals surface area contributed by atoms with Crippen LogP contribution in [0.3, 0.4) is 0 Å². The fourth-order valence-corrected chi connectivity index (χ4v) is 3.00. The fraction of sp³-hybridized carbons (Fsp3) is 0.450. The highest BCUT2D eigenvalue weighted by Crippen LogP contribution is 2.21. The van der Waals surface area contributed by atoms with Crippen molar-refractivity contribution in [3.63, 3.8) is 0 Å². The molecule has 25 heavy (non-hydrogen) atoms. The lowest BCUT2D eigenvalue weighted by Gasteiger charge is -2.27. The van der Waals surface area contributed by atoms with E-state index in [0.29, 0.717) is 5.56 Å². The number of benzene rings is 1. The Labute approximate surface area is 149 Å². The largest absolute Gasteiger partial charge is 0.355 e. The lowest BCUT2D eigenvalue weighted by Crippen LogP contribution is -2.31. The molecule has 0 bridgehead atoms. The van der Waals surface area contributed by atoms with Crippen LogP contribution in [0.5, 0.6) is 0 Å². The Hall–Kier alpha value is -2.43. The number of anilines is 1. The van der Waals surface area contributed by atoms with Crippen LogP contribution in [0.4, 0.5) is 5.82 Å². The second-order valence-corrected chi connectivity index (χ2v) is 6.69. The Bertz CT molecular complexity index is 708. The zero-order chi connectivity index (χ0) is 17.6. The first-order valence-corrected chi connectivity index (χ1v) is 9.17. The highest BCUT2D eigenvalue weighted by Gasteiger charge is 2.13. The summed E-state index contributed by atoms with van der Waals surface area (Å²) in [5.41, 5.74) is 2.35. The Morgan fingerprint density at radius 1 is 1.16 bits per heavy atom. The van der Waals surface area contributed by atoms with Crippen LogP contribution in [0, 0.1) is 0 Å². The number of hydrogen-bond donors (Lipinski definition) is 1. The summed E-state index contributed by atoms with van der Waals surface area (Å²) in [7, 11) is 0. The van der Waals surface area contributed by atoms with Gasteiger partial charge in [0, 0.05) is 30.3 Å². The van der Waals surface area contributed by atoms with Gasteiger partial charge in [-0.1, -0.05) is 19.1 Å². The molecule has 0 unspecified atom stereocenters. The Balaban J connectivity index is 1.75. The van der Waals surface area contributed by atoms with E-state index in [1.165, 1.54) is 19.3 Å². The van der Waals surface area contributed by atoms with Crippen LogP contribution in [0.2, 0.25) is 0 Å². The van der Waals surface area contributed by atoms with Gasteiger partial charge in [-0.25, -0.2) is 0 Å². The van der Waals surface area contributed by atoms with Crippen LogP contribution in [-0.2, 0) is 0 Å². The van der Waals surface area contributed by atoms with E-state index in [9.17, 15) is 4.79 Å². The highest BCUT2D eigenvalue weighted by molar-refractivity contribution is 5.95. The van der Waals surface area contributed by atoms with Crippen LogP contribution in [0.1, 0.15) is 49.9 Å². The minimum absolute atomic E-state index is 0.0471. The van der Waals surface area contributed by atoms with Crippen molar-refractivity contribution in [2.75, 3.05) is 18.0 Å². The van der Waals surface area contributed by atoms with Crippen LogP contribution < -0.4 is 10.2 Å². The number of carbonyl (C=O) groups excluding carboxylic acids is 1. The molecule has 1 N–H and O–H groups in total. The molecule has 0 radical (unpaired) electrons. The van der Waals surface area contributed by atoms with Gasteiger partial charge in [-0.2, -0.15) is 0 Å². The molecule has 132 valence electrons. The molecule has 0 aliphatic carbocycles. The Morgan fingerprint density at radius 3 is 2.64 bits per heavy atom. The summed E-state index contributed by atoms with van der Waals surface area (Å²) in [5, 5.41) is 11.8. The van der Waals surface area contributed by atoms with Crippen molar-refractivity contribution in [2.45, 2.75) is 45.6 Å². The topological polar surface area (TPSA) is 58.1 Å². The quantitative estimate of drug-likeness (QED) is 0.904. The number of aromatic nitrogens is 2.